The number of carbonyl (C=O) groups is 2. The van der Waals surface area contributed by atoms with Crippen LogP contribution in [0.4, 0.5) is 0 Å². The summed E-state index contributed by atoms with van der Waals surface area (Å²) in [5.74, 6) is 0.252. The van der Waals surface area contributed by atoms with Gasteiger partial charge < -0.3 is 9.53 Å². The van der Waals surface area contributed by atoms with Gasteiger partial charge in [-0.2, -0.15) is 0 Å². The number of methoxy groups -OCH3 is 1. The highest BCUT2D eigenvalue weighted by atomic mass is 16.5. The van der Waals surface area contributed by atoms with E-state index in [1.54, 1.807) is 6.92 Å². The number of ether oxygens (including phenoxy) is 1. The second-order valence-electron chi connectivity index (χ2n) is 7.08. The van der Waals surface area contributed by atoms with Crippen molar-refractivity contribution in [3.05, 3.63) is 0 Å². The lowest BCUT2D eigenvalue weighted by atomic mass is 10.0. The SMILES string of the molecule is COC(=O)CCCCCCCCCCCCCCCCCC(C)=O. The summed E-state index contributed by atoms with van der Waals surface area (Å²) in [6.45, 7) is 1.69. The standard InChI is InChI=1S/C21H40O3/c1-20(22)18-16-14-12-10-8-6-4-3-5-7-9-11-13-15-17-19-21(23)24-2/h3-19H2,1-2H3. The molecule has 24 heavy (non-hydrogen) atoms. The van der Waals surface area contributed by atoms with Gasteiger partial charge in [-0.05, 0) is 19.8 Å². The average molecular weight is 341 g/mol. The lowest BCUT2D eigenvalue weighted by Crippen LogP contribution is -1.99. The third-order valence-corrected chi connectivity index (χ3v) is 4.64. The van der Waals surface area contributed by atoms with Crippen molar-refractivity contribution in [1.82, 2.24) is 0 Å². The van der Waals surface area contributed by atoms with Gasteiger partial charge in [-0.15, -0.1) is 0 Å². The van der Waals surface area contributed by atoms with Gasteiger partial charge in [0.25, 0.3) is 0 Å². The summed E-state index contributed by atoms with van der Waals surface area (Å²) in [5.41, 5.74) is 0. The molecule has 0 saturated heterocycles. The topological polar surface area (TPSA) is 43.4 Å². The highest BCUT2D eigenvalue weighted by molar-refractivity contribution is 5.75. The van der Waals surface area contributed by atoms with Crippen molar-refractivity contribution >= 4 is 11.8 Å². The second-order valence-corrected chi connectivity index (χ2v) is 7.08. The highest BCUT2D eigenvalue weighted by Gasteiger charge is 1.99. The number of hydrogen-bond acceptors (Lipinski definition) is 3. The molecule has 0 aliphatic heterocycles. The molecule has 0 amide bonds. The maximum atomic E-state index is 10.9. The van der Waals surface area contributed by atoms with Crippen LogP contribution in [0.2, 0.25) is 0 Å². The van der Waals surface area contributed by atoms with Crippen molar-refractivity contribution < 1.29 is 14.3 Å². The number of ketones is 1. The van der Waals surface area contributed by atoms with Crippen LogP contribution in [0, 0.1) is 0 Å². The molecule has 0 aromatic carbocycles. The van der Waals surface area contributed by atoms with Crippen molar-refractivity contribution in [1.29, 1.82) is 0 Å². The highest BCUT2D eigenvalue weighted by Crippen LogP contribution is 2.14. The molecule has 3 nitrogen and oxygen atoms in total. The smallest absolute Gasteiger partial charge is 0.305 e. The van der Waals surface area contributed by atoms with E-state index < -0.39 is 0 Å². The Morgan fingerprint density at radius 1 is 0.542 bits per heavy atom. The van der Waals surface area contributed by atoms with Gasteiger partial charge in [0, 0.05) is 12.8 Å². The predicted molar refractivity (Wildman–Crippen MR) is 101 cm³/mol. The summed E-state index contributed by atoms with van der Waals surface area (Å²) < 4.78 is 4.63. The van der Waals surface area contributed by atoms with Crippen molar-refractivity contribution in [3.63, 3.8) is 0 Å². The van der Waals surface area contributed by atoms with E-state index in [1.165, 1.54) is 84.2 Å². The van der Waals surface area contributed by atoms with E-state index >= 15 is 0 Å². The number of esters is 1. The first-order chi connectivity index (χ1) is 11.7. The molecule has 0 aliphatic rings. The van der Waals surface area contributed by atoms with Crippen LogP contribution in [-0.4, -0.2) is 18.9 Å². The van der Waals surface area contributed by atoms with Crippen LogP contribution in [-0.2, 0) is 14.3 Å². The fourth-order valence-electron chi connectivity index (χ4n) is 3.04. The molecular formula is C21H40O3. The van der Waals surface area contributed by atoms with Crippen molar-refractivity contribution in [2.24, 2.45) is 0 Å². The molecule has 0 fully saturated rings. The molecule has 0 heterocycles. The number of carbonyl (C=O) groups excluding carboxylic acids is 2. The Balaban J connectivity index is 3.03. The normalized spacial score (nSPS) is 10.8. The number of Topliss-reactive ketones (excluding diaryl/α,β-unsaturated/α-hetero) is 1. The molecule has 0 N–H and O–H groups in total. The summed E-state index contributed by atoms with van der Waals surface area (Å²) in [5, 5.41) is 0. The van der Waals surface area contributed by atoms with Crippen LogP contribution in [0.5, 0.6) is 0 Å². The third-order valence-electron chi connectivity index (χ3n) is 4.64. The monoisotopic (exact) mass is 340 g/mol. The summed E-state index contributed by atoms with van der Waals surface area (Å²) in [6, 6.07) is 0. The lowest BCUT2D eigenvalue weighted by Gasteiger charge is -2.03. The summed E-state index contributed by atoms with van der Waals surface area (Å²) in [4.78, 5) is 21.8. The van der Waals surface area contributed by atoms with E-state index in [-0.39, 0.29) is 5.97 Å². The van der Waals surface area contributed by atoms with E-state index in [1.807, 2.05) is 0 Å². The second kappa shape index (κ2) is 18.5. The number of rotatable bonds is 18. The summed E-state index contributed by atoms with van der Waals surface area (Å²) in [6.07, 6.45) is 20.5. The van der Waals surface area contributed by atoms with Gasteiger partial charge >= 0.3 is 5.97 Å². The van der Waals surface area contributed by atoms with E-state index in [9.17, 15) is 9.59 Å². The molecule has 0 rings (SSSR count). The van der Waals surface area contributed by atoms with Gasteiger partial charge in [0.15, 0.2) is 0 Å². The Hall–Kier alpha value is -0.860. The maximum absolute atomic E-state index is 10.9. The van der Waals surface area contributed by atoms with E-state index in [2.05, 4.69) is 4.74 Å². The quantitative estimate of drug-likeness (QED) is 0.215. The zero-order valence-corrected chi connectivity index (χ0v) is 16.2. The van der Waals surface area contributed by atoms with Gasteiger partial charge in [0.2, 0.25) is 0 Å². The predicted octanol–water partition coefficient (Wildman–Crippen LogP) is 6.38. The van der Waals surface area contributed by atoms with Crippen LogP contribution in [0.1, 0.15) is 116 Å². The van der Waals surface area contributed by atoms with Crippen LogP contribution < -0.4 is 0 Å². The molecule has 0 bridgehead atoms. The zero-order valence-electron chi connectivity index (χ0n) is 16.2. The maximum Gasteiger partial charge on any atom is 0.305 e. The van der Waals surface area contributed by atoms with Gasteiger partial charge in [0.1, 0.15) is 5.78 Å². The first kappa shape index (κ1) is 23.1. The van der Waals surface area contributed by atoms with Crippen LogP contribution in [0.25, 0.3) is 0 Å². The number of hydrogen-bond donors (Lipinski definition) is 0. The molecule has 3 heteroatoms. The first-order valence-corrected chi connectivity index (χ1v) is 10.2. The van der Waals surface area contributed by atoms with Crippen LogP contribution in [0.15, 0.2) is 0 Å². The molecular weight excluding hydrogens is 300 g/mol. The molecule has 142 valence electrons. The molecule has 0 unspecified atom stereocenters. The molecule has 0 saturated carbocycles. The Bertz CT molecular complexity index is 299. The molecule has 0 aliphatic carbocycles. The Kier molecular flexibility index (Phi) is 17.8. The molecule has 0 atom stereocenters. The fraction of sp³-hybridized carbons (Fsp3) is 0.905. The minimum absolute atomic E-state index is 0.0777. The van der Waals surface area contributed by atoms with Gasteiger partial charge in [-0.25, -0.2) is 0 Å². The fourth-order valence-corrected chi connectivity index (χ4v) is 3.04. The minimum atomic E-state index is -0.0777. The van der Waals surface area contributed by atoms with E-state index in [0.29, 0.717) is 12.2 Å². The van der Waals surface area contributed by atoms with Crippen molar-refractivity contribution in [2.45, 2.75) is 116 Å². The average Bonchev–Trinajstić information content (AvgIpc) is 2.57. The molecule has 0 radical (unpaired) electrons. The Morgan fingerprint density at radius 2 is 0.833 bits per heavy atom. The van der Waals surface area contributed by atoms with Gasteiger partial charge in [-0.1, -0.05) is 83.5 Å². The third kappa shape index (κ3) is 19.2. The van der Waals surface area contributed by atoms with Crippen LogP contribution >= 0.6 is 0 Å². The lowest BCUT2D eigenvalue weighted by molar-refractivity contribution is -0.140. The Morgan fingerprint density at radius 3 is 1.12 bits per heavy atom. The molecule has 0 aromatic heterocycles. The van der Waals surface area contributed by atoms with Crippen molar-refractivity contribution in [3.8, 4) is 0 Å². The summed E-state index contributed by atoms with van der Waals surface area (Å²) >= 11 is 0. The van der Waals surface area contributed by atoms with Gasteiger partial charge in [-0.3, -0.25) is 4.79 Å². The van der Waals surface area contributed by atoms with Gasteiger partial charge in [0.05, 0.1) is 7.11 Å². The Labute approximate surface area is 149 Å². The zero-order chi connectivity index (χ0) is 17.9. The largest absolute Gasteiger partial charge is 0.469 e. The number of unbranched alkanes of at least 4 members (excludes halogenated alkanes) is 14. The summed E-state index contributed by atoms with van der Waals surface area (Å²) in [7, 11) is 1.46. The van der Waals surface area contributed by atoms with Crippen molar-refractivity contribution in [2.75, 3.05) is 7.11 Å². The van der Waals surface area contributed by atoms with E-state index in [0.717, 1.165) is 25.7 Å². The first-order valence-electron chi connectivity index (χ1n) is 10.2. The molecule has 0 aromatic rings. The minimum Gasteiger partial charge on any atom is -0.469 e. The van der Waals surface area contributed by atoms with Crippen LogP contribution in [0.3, 0.4) is 0 Å². The molecule has 0 spiro atoms. The van der Waals surface area contributed by atoms with E-state index in [4.69, 9.17) is 0 Å².